The van der Waals surface area contributed by atoms with Crippen LogP contribution in [0.4, 0.5) is 4.39 Å². The number of rotatable bonds is 7. The van der Waals surface area contributed by atoms with Crippen LogP contribution in [0, 0.1) is 5.82 Å². The Hall–Kier alpha value is -1.02. The van der Waals surface area contributed by atoms with Gasteiger partial charge in [0.2, 0.25) is 10.0 Å². The Labute approximate surface area is 125 Å². The maximum Gasteiger partial charge on any atom is 0.243 e. The number of sulfonamides is 1. The third-order valence-corrected chi connectivity index (χ3v) is 5.37. The highest BCUT2D eigenvalue weighted by molar-refractivity contribution is 7.89. The molecule has 0 aliphatic heterocycles. The van der Waals surface area contributed by atoms with E-state index >= 15 is 0 Å². The summed E-state index contributed by atoms with van der Waals surface area (Å²) >= 11 is 0. The predicted octanol–water partition coefficient (Wildman–Crippen LogP) is 1.05. The first-order valence-corrected chi connectivity index (χ1v) is 8.53. The van der Waals surface area contributed by atoms with Crippen LogP contribution in [0.25, 0.3) is 0 Å². The lowest BCUT2D eigenvalue weighted by Gasteiger charge is -2.24. The Bertz CT molecular complexity index is 602. The molecule has 1 saturated carbocycles. The van der Waals surface area contributed by atoms with Crippen molar-refractivity contribution in [3.05, 3.63) is 29.6 Å². The third-order valence-electron chi connectivity index (χ3n) is 3.91. The van der Waals surface area contributed by atoms with Crippen LogP contribution in [0.2, 0.25) is 0 Å². The average Bonchev–Trinajstić information content (AvgIpc) is 3.28. The van der Waals surface area contributed by atoms with Crippen LogP contribution in [0.15, 0.2) is 23.1 Å². The summed E-state index contributed by atoms with van der Waals surface area (Å²) in [6.07, 6.45) is 2.31. The van der Waals surface area contributed by atoms with Gasteiger partial charge in [0, 0.05) is 25.2 Å². The molecule has 0 saturated heterocycles. The highest BCUT2D eigenvalue weighted by Gasteiger charge is 2.30. The van der Waals surface area contributed by atoms with Crippen molar-refractivity contribution in [3.63, 3.8) is 0 Å². The van der Waals surface area contributed by atoms with Crippen molar-refractivity contribution < 1.29 is 12.8 Å². The standard InChI is InChI=1S/C14H22FN3O2S/c1-10(18(2)12-4-5-12)9-17-21(19,20)14-6-3-11(8-16)7-13(14)15/h3,6-7,10,12,17H,4-5,8-9,16H2,1-2H3. The Morgan fingerprint density at radius 2 is 2.14 bits per heavy atom. The van der Waals surface area contributed by atoms with Gasteiger partial charge in [-0.15, -0.1) is 0 Å². The summed E-state index contributed by atoms with van der Waals surface area (Å²) in [6.45, 7) is 2.38. The number of nitrogens with zero attached hydrogens (tertiary/aromatic N) is 1. The molecule has 0 aromatic heterocycles. The number of benzene rings is 1. The first kappa shape index (κ1) is 16.4. The number of likely N-dealkylation sites (N-methyl/N-ethyl adjacent to an activating group) is 1. The highest BCUT2D eigenvalue weighted by Crippen LogP contribution is 2.26. The number of nitrogens with one attached hydrogen (secondary N) is 1. The first-order valence-electron chi connectivity index (χ1n) is 7.05. The van der Waals surface area contributed by atoms with Gasteiger partial charge in [0.05, 0.1) is 0 Å². The second kappa shape index (κ2) is 6.39. The molecule has 1 aliphatic carbocycles. The normalized spacial score (nSPS) is 17.2. The molecule has 0 heterocycles. The van der Waals surface area contributed by atoms with E-state index < -0.39 is 15.8 Å². The van der Waals surface area contributed by atoms with E-state index in [0.717, 1.165) is 18.9 Å². The third kappa shape index (κ3) is 4.00. The molecule has 0 bridgehead atoms. The van der Waals surface area contributed by atoms with Crippen molar-refractivity contribution in [2.75, 3.05) is 13.6 Å². The van der Waals surface area contributed by atoms with Crippen molar-refractivity contribution in [1.29, 1.82) is 0 Å². The molecule has 1 unspecified atom stereocenters. The molecule has 0 radical (unpaired) electrons. The maximum absolute atomic E-state index is 13.9. The minimum atomic E-state index is -3.84. The smallest absolute Gasteiger partial charge is 0.243 e. The first-order chi connectivity index (χ1) is 9.85. The SMILES string of the molecule is CC(CNS(=O)(=O)c1ccc(CN)cc1F)N(C)C1CC1. The Morgan fingerprint density at radius 3 is 2.67 bits per heavy atom. The lowest BCUT2D eigenvalue weighted by atomic mass is 10.2. The van der Waals surface area contributed by atoms with E-state index in [9.17, 15) is 12.8 Å². The molecule has 7 heteroatoms. The van der Waals surface area contributed by atoms with Crippen LogP contribution < -0.4 is 10.5 Å². The van der Waals surface area contributed by atoms with Gasteiger partial charge in [-0.1, -0.05) is 6.07 Å². The van der Waals surface area contributed by atoms with Gasteiger partial charge in [0.1, 0.15) is 10.7 Å². The number of hydrogen-bond acceptors (Lipinski definition) is 4. The van der Waals surface area contributed by atoms with Crippen molar-refractivity contribution in [3.8, 4) is 0 Å². The zero-order valence-electron chi connectivity index (χ0n) is 12.3. The quantitative estimate of drug-likeness (QED) is 0.788. The van der Waals surface area contributed by atoms with Gasteiger partial charge in [-0.3, -0.25) is 4.90 Å². The van der Waals surface area contributed by atoms with E-state index in [2.05, 4.69) is 9.62 Å². The fourth-order valence-electron chi connectivity index (χ4n) is 2.18. The molecule has 5 nitrogen and oxygen atoms in total. The minimum Gasteiger partial charge on any atom is -0.326 e. The van der Waals surface area contributed by atoms with Gasteiger partial charge in [-0.25, -0.2) is 17.5 Å². The lowest BCUT2D eigenvalue weighted by molar-refractivity contribution is 0.248. The zero-order chi connectivity index (χ0) is 15.6. The fourth-order valence-corrected chi connectivity index (χ4v) is 3.36. The lowest BCUT2D eigenvalue weighted by Crippen LogP contribution is -2.41. The summed E-state index contributed by atoms with van der Waals surface area (Å²) in [5, 5.41) is 0. The van der Waals surface area contributed by atoms with Gasteiger partial charge in [0.25, 0.3) is 0 Å². The second-order valence-electron chi connectivity index (χ2n) is 5.57. The second-order valence-corrected chi connectivity index (χ2v) is 7.30. The molecular weight excluding hydrogens is 293 g/mol. The van der Waals surface area contributed by atoms with E-state index in [1.807, 2.05) is 14.0 Å². The Balaban J connectivity index is 2.04. The number of halogens is 1. The minimum absolute atomic E-state index is 0.0682. The van der Waals surface area contributed by atoms with Gasteiger partial charge in [0.15, 0.2) is 0 Å². The number of nitrogens with two attached hydrogens (primary N) is 1. The molecule has 21 heavy (non-hydrogen) atoms. The van der Waals surface area contributed by atoms with Gasteiger partial charge in [-0.2, -0.15) is 0 Å². The molecule has 0 amide bonds. The van der Waals surface area contributed by atoms with Crippen LogP contribution in [0.5, 0.6) is 0 Å². The Morgan fingerprint density at radius 1 is 1.48 bits per heavy atom. The van der Waals surface area contributed by atoms with Crippen molar-refractivity contribution in [2.24, 2.45) is 5.73 Å². The Kier molecular flexibility index (Phi) is 4.98. The van der Waals surface area contributed by atoms with Crippen molar-refractivity contribution >= 4 is 10.0 Å². The molecule has 1 aliphatic rings. The zero-order valence-corrected chi connectivity index (χ0v) is 13.2. The highest BCUT2D eigenvalue weighted by atomic mass is 32.2. The van der Waals surface area contributed by atoms with E-state index in [0.29, 0.717) is 11.6 Å². The largest absolute Gasteiger partial charge is 0.326 e. The topological polar surface area (TPSA) is 75.4 Å². The summed E-state index contributed by atoms with van der Waals surface area (Å²) in [5.74, 6) is -0.770. The van der Waals surface area contributed by atoms with Gasteiger partial charge < -0.3 is 5.73 Å². The van der Waals surface area contributed by atoms with Gasteiger partial charge >= 0.3 is 0 Å². The fraction of sp³-hybridized carbons (Fsp3) is 0.571. The van der Waals surface area contributed by atoms with E-state index in [1.165, 1.54) is 12.1 Å². The van der Waals surface area contributed by atoms with Crippen LogP contribution in [0.3, 0.4) is 0 Å². The summed E-state index contributed by atoms with van der Waals surface area (Å²) < 4.78 is 40.7. The summed E-state index contributed by atoms with van der Waals surface area (Å²) in [6, 6.07) is 4.56. The monoisotopic (exact) mass is 315 g/mol. The molecule has 1 fully saturated rings. The molecule has 0 spiro atoms. The average molecular weight is 315 g/mol. The van der Waals surface area contributed by atoms with Gasteiger partial charge in [-0.05, 0) is 44.5 Å². The molecule has 1 aromatic carbocycles. The van der Waals surface area contributed by atoms with Crippen molar-refractivity contribution in [2.45, 2.75) is 43.3 Å². The molecule has 1 aromatic rings. The van der Waals surface area contributed by atoms with E-state index in [1.54, 1.807) is 0 Å². The number of hydrogen-bond donors (Lipinski definition) is 2. The summed E-state index contributed by atoms with van der Waals surface area (Å²) in [7, 11) is -1.86. The summed E-state index contributed by atoms with van der Waals surface area (Å²) in [4.78, 5) is 1.82. The van der Waals surface area contributed by atoms with Crippen molar-refractivity contribution in [1.82, 2.24) is 9.62 Å². The van der Waals surface area contributed by atoms with E-state index in [-0.39, 0.29) is 24.0 Å². The maximum atomic E-state index is 13.9. The molecule has 2 rings (SSSR count). The van der Waals surface area contributed by atoms with Crippen LogP contribution >= 0.6 is 0 Å². The molecule has 1 atom stereocenters. The van der Waals surface area contributed by atoms with Crippen LogP contribution in [-0.4, -0.2) is 39.0 Å². The molecule has 118 valence electrons. The predicted molar refractivity (Wildman–Crippen MR) is 79.7 cm³/mol. The molecule has 3 N–H and O–H groups in total. The summed E-state index contributed by atoms with van der Waals surface area (Å²) in [5.41, 5.74) is 5.97. The molecular formula is C14H22FN3O2S. The van der Waals surface area contributed by atoms with E-state index in [4.69, 9.17) is 5.73 Å². The van der Waals surface area contributed by atoms with Crippen LogP contribution in [-0.2, 0) is 16.6 Å². The van der Waals surface area contributed by atoms with Crippen LogP contribution in [0.1, 0.15) is 25.3 Å².